The van der Waals surface area contributed by atoms with Gasteiger partial charge in [0.05, 0.1) is 27.7 Å². The molecule has 1 aromatic carbocycles. The minimum Gasteiger partial charge on any atom is -0.478 e. The summed E-state index contributed by atoms with van der Waals surface area (Å²) < 4.78 is 22.7. The van der Waals surface area contributed by atoms with Gasteiger partial charge in [-0.15, -0.1) is 0 Å². The number of non-ortho nitro benzene ring substituents is 1. The summed E-state index contributed by atoms with van der Waals surface area (Å²) >= 11 is 0. The highest BCUT2D eigenvalue weighted by Crippen LogP contribution is 2.27. The Morgan fingerprint density at radius 3 is 2.40 bits per heavy atom. The van der Waals surface area contributed by atoms with E-state index in [-0.39, 0.29) is 41.5 Å². The predicted molar refractivity (Wildman–Crippen MR) is 70.9 cm³/mol. The Kier molecular flexibility index (Phi) is 3.62. The van der Waals surface area contributed by atoms with E-state index in [1.807, 2.05) is 0 Å². The summed E-state index contributed by atoms with van der Waals surface area (Å²) in [6.45, 7) is 0.258. The van der Waals surface area contributed by atoms with Gasteiger partial charge < -0.3 is 10.0 Å². The first-order valence-electron chi connectivity index (χ1n) is 5.77. The number of nitro groups is 1. The fourth-order valence-electron chi connectivity index (χ4n) is 2.03. The van der Waals surface area contributed by atoms with Crippen LogP contribution in [0.15, 0.2) is 18.2 Å². The fraction of sp³-hybridized carbons (Fsp3) is 0.364. The van der Waals surface area contributed by atoms with Crippen LogP contribution in [0.1, 0.15) is 10.4 Å². The van der Waals surface area contributed by atoms with Gasteiger partial charge in [0, 0.05) is 25.2 Å². The number of carbonyl (C=O) groups is 1. The zero-order valence-corrected chi connectivity index (χ0v) is 11.2. The Morgan fingerprint density at radius 1 is 1.30 bits per heavy atom. The van der Waals surface area contributed by atoms with Crippen molar-refractivity contribution in [1.82, 2.24) is 0 Å². The maximum absolute atomic E-state index is 11.4. The van der Waals surface area contributed by atoms with E-state index in [4.69, 9.17) is 5.11 Å². The molecule has 1 saturated heterocycles. The number of aromatic carboxylic acids is 1. The maximum Gasteiger partial charge on any atom is 0.337 e. The Bertz CT molecular complexity index is 655. The number of carboxylic acids is 1. The van der Waals surface area contributed by atoms with Crippen LogP contribution in [-0.4, -0.2) is 49.0 Å². The lowest BCUT2D eigenvalue weighted by Gasteiger charge is -2.29. The van der Waals surface area contributed by atoms with Crippen LogP contribution < -0.4 is 4.90 Å². The molecule has 0 aromatic heterocycles. The Balaban J connectivity index is 2.40. The van der Waals surface area contributed by atoms with Crippen LogP contribution in [0.4, 0.5) is 11.4 Å². The van der Waals surface area contributed by atoms with Gasteiger partial charge in [0.2, 0.25) is 0 Å². The maximum atomic E-state index is 11.4. The van der Waals surface area contributed by atoms with Crippen molar-refractivity contribution < 1.29 is 23.2 Å². The monoisotopic (exact) mass is 300 g/mol. The third-order valence-corrected chi connectivity index (χ3v) is 4.72. The van der Waals surface area contributed by atoms with Crippen molar-refractivity contribution in [3.8, 4) is 0 Å². The lowest BCUT2D eigenvalue weighted by atomic mass is 10.1. The van der Waals surface area contributed by atoms with E-state index in [1.165, 1.54) is 12.1 Å². The van der Waals surface area contributed by atoms with Crippen LogP contribution in [0.5, 0.6) is 0 Å². The molecule has 0 radical (unpaired) electrons. The summed E-state index contributed by atoms with van der Waals surface area (Å²) in [7, 11) is -3.11. The number of benzene rings is 1. The quantitative estimate of drug-likeness (QED) is 0.638. The molecular weight excluding hydrogens is 288 g/mol. The van der Waals surface area contributed by atoms with Crippen LogP contribution in [0.25, 0.3) is 0 Å². The fourth-order valence-corrected chi connectivity index (χ4v) is 3.23. The normalized spacial score (nSPS) is 17.7. The van der Waals surface area contributed by atoms with Crippen molar-refractivity contribution in [3.05, 3.63) is 33.9 Å². The number of hydrogen-bond donors (Lipinski definition) is 1. The van der Waals surface area contributed by atoms with Gasteiger partial charge in [-0.25, -0.2) is 13.2 Å². The van der Waals surface area contributed by atoms with Gasteiger partial charge >= 0.3 is 5.97 Å². The Hall–Kier alpha value is -2.16. The topological polar surface area (TPSA) is 118 Å². The molecule has 0 amide bonds. The lowest BCUT2D eigenvalue weighted by molar-refractivity contribution is -0.384. The van der Waals surface area contributed by atoms with Crippen molar-refractivity contribution in [2.75, 3.05) is 29.5 Å². The summed E-state index contributed by atoms with van der Waals surface area (Å²) in [5.74, 6) is -1.38. The van der Waals surface area contributed by atoms with Crippen molar-refractivity contribution in [2.45, 2.75) is 0 Å². The number of anilines is 1. The minimum absolute atomic E-state index is 0.0742. The molecule has 1 aliphatic rings. The molecule has 1 heterocycles. The summed E-state index contributed by atoms with van der Waals surface area (Å²) in [5, 5.41) is 19.9. The smallest absolute Gasteiger partial charge is 0.337 e. The first kappa shape index (κ1) is 14.3. The molecule has 1 fully saturated rings. The third-order valence-electron chi connectivity index (χ3n) is 3.11. The van der Waals surface area contributed by atoms with Crippen LogP contribution in [0.3, 0.4) is 0 Å². The molecule has 0 unspecified atom stereocenters. The highest BCUT2D eigenvalue weighted by molar-refractivity contribution is 7.91. The second-order valence-corrected chi connectivity index (χ2v) is 6.71. The molecule has 1 N–H and O–H groups in total. The predicted octanol–water partition coefficient (Wildman–Crippen LogP) is 0.528. The van der Waals surface area contributed by atoms with Gasteiger partial charge in [0.15, 0.2) is 9.84 Å². The number of carboxylic acid groups (broad SMARTS) is 1. The second-order valence-electron chi connectivity index (χ2n) is 4.40. The van der Waals surface area contributed by atoms with Crippen LogP contribution >= 0.6 is 0 Å². The highest BCUT2D eigenvalue weighted by Gasteiger charge is 2.26. The number of sulfone groups is 1. The molecule has 1 aromatic rings. The summed E-state index contributed by atoms with van der Waals surface area (Å²) in [6, 6.07) is 3.45. The number of rotatable bonds is 3. The zero-order valence-electron chi connectivity index (χ0n) is 10.4. The van der Waals surface area contributed by atoms with Gasteiger partial charge in [-0.2, -0.15) is 0 Å². The number of nitrogens with zero attached hydrogens (tertiary/aromatic N) is 2. The van der Waals surface area contributed by atoms with E-state index in [2.05, 4.69) is 0 Å². The van der Waals surface area contributed by atoms with E-state index < -0.39 is 20.7 Å². The lowest BCUT2D eigenvalue weighted by Crippen LogP contribution is -2.41. The molecule has 8 nitrogen and oxygen atoms in total. The minimum atomic E-state index is -3.11. The van der Waals surface area contributed by atoms with E-state index >= 15 is 0 Å². The van der Waals surface area contributed by atoms with Crippen molar-refractivity contribution in [3.63, 3.8) is 0 Å². The molecule has 9 heteroatoms. The van der Waals surface area contributed by atoms with Gasteiger partial charge in [0.25, 0.3) is 5.69 Å². The van der Waals surface area contributed by atoms with E-state index in [1.54, 1.807) is 4.90 Å². The van der Waals surface area contributed by atoms with E-state index in [0.29, 0.717) is 0 Å². The van der Waals surface area contributed by atoms with Gasteiger partial charge in [-0.3, -0.25) is 10.1 Å². The van der Waals surface area contributed by atoms with Crippen molar-refractivity contribution in [1.29, 1.82) is 0 Å². The number of hydrogen-bond acceptors (Lipinski definition) is 6. The Morgan fingerprint density at radius 2 is 1.90 bits per heavy atom. The summed E-state index contributed by atoms with van der Waals surface area (Å²) in [6.07, 6.45) is 0. The summed E-state index contributed by atoms with van der Waals surface area (Å²) in [5.41, 5.74) is -0.116. The average Bonchev–Trinajstić information content (AvgIpc) is 2.37. The Labute approximate surface area is 114 Å². The highest BCUT2D eigenvalue weighted by atomic mass is 32.2. The molecule has 108 valence electrons. The van der Waals surface area contributed by atoms with Crippen LogP contribution in [0.2, 0.25) is 0 Å². The molecule has 0 atom stereocenters. The molecule has 0 bridgehead atoms. The van der Waals surface area contributed by atoms with E-state index in [0.717, 1.165) is 6.07 Å². The molecule has 1 aliphatic heterocycles. The molecule has 0 spiro atoms. The average molecular weight is 300 g/mol. The molecule has 20 heavy (non-hydrogen) atoms. The SMILES string of the molecule is O=C(O)c1ccc([N+](=O)[O-])cc1N1CCS(=O)(=O)CC1. The first-order valence-corrected chi connectivity index (χ1v) is 7.59. The third kappa shape index (κ3) is 2.87. The largest absolute Gasteiger partial charge is 0.478 e. The first-order chi connectivity index (χ1) is 9.30. The molecule has 0 saturated carbocycles. The van der Waals surface area contributed by atoms with Gasteiger partial charge in [-0.1, -0.05) is 0 Å². The second kappa shape index (κ2) is 5.08. The molecule has 2 rings (SSSR count). The van der Waals surface area contributed by atoms with Crippen LogP contribution in [0, 0.1) is 10.1 Å². The standard InChI is InChI=1S/C11H12N2O6S/c14-11(15)9-2-1-8(13(16)17)7-10(9)12-3-5-20(18,19)6-4-12/h1-2,7H,3-6H2,(H,14,15). The van der Waals surface area contributed by atoms with Gasteiger partial charge in [-0.05, 0) is 6.07 Å². The van der Waals surface area contributed by atoms with Gasteiger partial charge in [0.1, 0.15) is 0 Å². The summed E-state index contributed by atoms with van der Waals surface area (Å²) in [4.78, 5) is 22.9. The van der Waals surface area contributed by atoms with E-state index in [9.17, 15) is 23.3 Å². The molecule has 0 aliphatic carbocycles. The van der Waals surface area contributed by atoms with Crippen molar-refractivity contribution in [2.24, 2.45) is 0 Å². The zero-order chi connectivity index (χ0) is 14.9. The molecular formula is C11H12N2O6S. The van der Waals surface area contributed by atoms with Crippen LogP contribution in [-0.2, 0) is 9.84 Å². The number of nitro benzene ring substituents is 1. The van der Waals surface area contributed by atoms with Crippen molar-refractivity contribution >= 4 is 27.2 Å².